The Morgan fingerprint density at radius 1 is 1.43 bits per heavy atom. The van der Waals surface area contributed by atoms with Crippen molar-refractivity contribution in [1.29, 1.82) is 0 Å². The number of aromatic nitrogens is 3. The second kappa shape index (κ2) is 5.78. The van der Waals surface area contributed by atoms with Gasteiger partial charge in [-0.15, -0.1) is 10.2 Å². The van der Waals surface area contributed by atoms with Crippen molar-refractivity contribution in [2.75, 3.05) is 12.3 Å². The van der Waals surface area contributed by atoms with Crippen molar-refractivity contribution in [1.82, 2.24) is 19.5 Å². The fourth-order valence-corrected chi connectivity index (χ4v) is 2.82. The fourth-order valence-electron chi connectivity index (χ4n) is 1.74. The van der Waals surface area contributed by atoms with Crippen LogP contribution in [0.5, 0.6) is 0 Å². The Kier molecular flexibility index (Phi) is 4.24. The predicted molar refractivity (Wildman–Crippen MR) is 75.4 cm³/mol. The summed E-state index contributed by atoms with van der Waals surface area (Å²) in [6.07, 6.45) is 1.90. The average Bonchev–Trinajstić information content (AvgIpc) is 2.81. The molecule has 0 aliphatic rings. The smallest absolute Gasteiger partial charge is 0.240 e. The van der Waals surface area contributed by atoms with Gasteiger partial charge in [0.15, 0.2) is 0 Å². The molecule has 114 valence electrons. The molecule has 9 heteroatoms. The van der Waals surface area contributed by atoms with Crippen molar-refractivity contribution in [3.63, 3.8) is 0 Å². The lowest BCUT2D eigenvalue weighted by Gasteiger charge is -2.09. The predicted octanol–water partition coefficient (Wildman–Crippen LogP) is 0.366. The Bertz CT molecular complexity index is 734. The number of benzene rings is 1. The highest BCUT2D eigenvalue weighted by molar-refractivity contribution is 7.89. The molecule has 0 saturated heterocycles. The summed E-state index contributed by atoms with van der Waals surface area (Å²) in [4.78, 5) is -0.193. The van der Waals surface area contributed by atoms with E-state index in [9.17, 15) is 12.8 Å². The van der Waals surface area contributed by atoms with Crippen molar-refractivity contribution in [2.45, 2.75) is 18.2 Å². The van der Waals surface area contributed by atoms with Gasteiger partial charge in [-0.3, -0.25) is 0 Å². The molecule has 21 heavy (non-hydrogen) atoms. The molecule has 3 N–H and O–H groups in total. The molecule has 7 nitrogen and oxygen atoms in total. The maximum absolute atomic E-state index is 13.6. The minimum Gasteiger partial charge on any atom is -0.398 e. The molecule has 0 unspecified atom stereocenters. The van der Waals surface area contributed by atoms with Gasteiger partial charge in [0, 0.05) is 31.3 Å². The summed E-state index contributed by atoms with van der Waals surface area (Å²) in [6, 6.07) is 2.19. The zero-order valence-corrected chi connectivity index (χ0v) is 12.5. The lowest BCUT2D eigenvalue weighted by molar-refractivity contribution is 0.575. The fraction of sp³-hybridized carbons (Fsp3) is 0.333. The SMILES string of the molecule is Cc1c(N)cc(S(=O)(=O)NCCc2nncn2C)cc1F. The second-order valence-electron chi connectivity index (χ2n) is 4.63. The third kappa shape index (κ3) is 3.37. The van der Waals surface area contributed by atoms with E-state index in [1.807, 2.05) is 0 Å². The summed E-state index contributed by atoms with van der Waals surface area (Å²) in [6.45, 7) is 1.62. The van der Waals surface area contributed by atoms with Crippen LogP contribution in [-0.4, -0.2) is 29.7 Å². The van der Waals surface area contributed by atoms with Crippen LogP contribution >= 0.6 is 0 Å². The van der Waals surface area contributed by atoms with Gasteiger partial charge in [0.05, 0.1) is 4.90 Å². The van der Waals surface area contributed by atoms with Crippen LogP contribution in [0.2, 0.25) is 0 Å². The zero-order chi connectivity index (χ0) is 15.6. The number of anilines is 1. The molecule has 0 spiro atoms. The van der Waals surface area contributed by atoms with Crippen LogP contribution in [0.1, 0.15) is 11.4 Å². The first-order chi connectivity index (χ1) is 9.81. The molecule has 0 aliphatic carbocycles. The first-order valence-corrected chi connectivity index (χ1v) is 7.68. The summed E-state index contributed by atoms with van der Waals surface area (Å²) in [5, 5.41) is 7.54. The number of hydrogen-bond donors (Lipinski definition) is 2. The van der Waals surface area contributed by atoms with E-state index in [2.05, 4.69) is 14.9 Å². The Morgan fingerprint density at radius 2 is 2.14 bits per heavy atom. The third-order valence-electron chi connectivity index (χ3n) is 3.11. The van der Waals surface area contributed by atoms with Crippen LogP contribution in [0.25, 0.3) is 0 Å². The summed E-state index contributed by atoms with van der Waals surface area (Å²) >= 11 is 0. The van der Waals surface area contributed by atoms with Crippen LogP contribution in [0.4, 0.5) is 10.1 Å². The molecule has 2 rings (SSSR count). The molecule has 0 fully saturated rings. The Balaban J connectivity index is 2.10. The summed E-state index contributed by atoms with van der Waals surface area (Å²) in [5.41, 5.74) is 5.92. The van der Waals surface area contributed by atoms with Gasteiger partial charge >= 0.3 is 0 Å². The molecule has 1 aromatic heterocycles. The molecule has 0 bridgehead atoms. The van der Waals surface area contributed by atoms with Crippen molar-refractivity contribution >= 4 is 15.7 Å². The van der Waals surface area contributed by atoms with Gasteiger partial charge in [0.1, 0.15) is 18.0 Å². The first kappa shape index (κ1) is 15.4. The van der Waals surface area contributed by atoms with Gasteiger partial charge < -0.3 is 10.3 Å². The largest absolute Gasteiger partial charge is 0.398 e. The Hall–Kier alpha value is -2.00. The quantitative estimate of drug-likeness (QED) is 0.776. The monoisotopic (exact) mass is 313 g/mol. The molecular formula is C12H16FN5O2S. The van der Waals surface area contributed by atoms with E-state index >= 15 is 0 Å². The molecule has 0 amide bonds. The number of nitrogen functional groups attached to an aromatic ring is 1. The molecule has 0 saturated carbocycles. The minimum absolute atomic E-state index is 0.101. The second-order valence-corrected chi connectivity index (χ2v) is 6.39. The summed E-state index contributed by atoms with van der Waals surface area (Å²) < 4.78 is 41.8. The van der Waals surface area contributed by atoms with Gasteiger partial charge in [0.2, 0.25) is 10.0 Å². The molecular weight excluding hydrogens is 297 g/mol. The Morgan fingerprint density at radius 3 is 2.71 bits per heavy atom. The highest BCUT2D eigenvalue weighted by atomic mass is 32.2. The average molecular weight is 313 g/mol. The highest BCUT2D eigenvalue weighted by Crippen LogP contribution is 2.20. The normalized spacial score (nSPS) is 11.8. The lowest BCUT2D eigenvalue weighted by Crippen LogP contribution is -2.27. The van der Waals surface area contributed by atoms with E-state index in [0.717, 1.165) is 6.07 Å². The van der Waals surface area contributed by atoms with E-state index in [-0.39, 0.29) is 22.7 Å². The van der Waals surface area contributed by atoms with E-state index < -0.39 is 15.8 Å². The number of nitrogens with one attached hydrogen (secondary N) is 1. The third-order valence-corrected chi connectivity index (χ3v) is 4.55. The van der Waals surface area contributed by atoms with Crippen molar-refractivity contribution < 1.29 is 12.8 Å². The maximum atomic E-state index is 13.6. The van der Waals surface area contributed by atoms with Gasteiger partial charge in [-0.25, -0.2) is 17.5 Å². The highest BCUT2D eigenvalue weighted by Gasteiger charge is 2.17. The topological polar surface area (TPSA) is 103 Å². The van der Waals surface area contributed by atoms with Crippen LogP contribution in [-0.2, 0) is 23.5 Å². The molecule has 2 aromatic rings. The Labute approximate surface area is 122 Å². The number of rotatable bonds is 5. The van der Waals surface area contributed by atoms with Crippen LogP contribution in [0, 0.1) is 12.7 Å². The summed E-state index contributed by atoms with van der Waals surface area (Å²) in [5.74, 6) is -0.00373. The van der Waals surface area contributed by atoms with Crippen LogP contribution in [0.15, 0.2) is 23.4 Å². The van der Waals surface area contributed by atoms with Crippen molar-refractivity contribution in [3.05, 3.63) is 35.7 Å². The minimum atomic E-state index is -3.82. The molecule has 0 atom stereocenters. The van der Waals surface area contributed by atoms with Gasteiger partial charge in [-0.2, -0.15) is 0 Å². The standard InChI is InChI=1S/C12H16FN5O2S/c1-8-10(13)5-9(6-11(8)14)21(19,20)16-4-3-12-17-15-7-18(12)2/h5-7,16H,3-4,14H2,1-2H3. The van der Waals surface area contributed by atoms with Crippen molar-refractivity contribution in [2.24, 2.45) is 7.05 Å². The number of sulfonamides is 1. The molecule has 0 aliphatic heterocycles. The van der Waals surface area contributed by atoms with Gasteiger partial charge in [-0.1, -0.05) is 0 Å². The van der Waals surface area contributed by atoms with Gasteiger partial charge in [-0.05, 0) is 19.1 Å². The first-order valence-electron chi connectivity index (χ1n) is 6.19. The summed E-state index contributed by atoms with van der Waals surface area (Å²) in [7, 11) is -2.05. The maximum Gasteiger partial charge on any atom is 0.240 e. The molecule has 0 radical (unpaired) electrons. The van der Waals surface area contributed by atoms with Gasteiger partial charge in [0.25, 0.3) is 0 Å². The van der Waals surface area contributed by atoms with Crippen LogP contribution < -0.4 is 10.5 Å². The van der Waals surface area contributed by atoms with Crippen molar-refractivity contribution in [3.8, 4) is 0 Å². The number of halogens is 1. The van der Waals surface area contributed by atoms with E-state index in [0.29, 0.717) is 12.2 Å². The van der Waals surface area contributed by atoms with E-state index in [4.69, 9.17) is 5.73 Å². The van der Waals surface area contributed by atoms with E-state index in [1.165, 1.54) is 19.3 Å². The zero-order valence-electron chi connectivity index (χ0n) is 11.7. The molecule has 1 heterocycles. The number of hydrogen-bond acceptors (Lipinski definition) is 5. The number of nitrogens with two attached hydrogens (primary N) is 1. The van der Waals surface area contributed by atoms with E-state index in [1.54, 1.807) is 11.6 Å². The lowest BCUT2D eigenvalue weighted by atomic mass is 10.2. The number of nitrogens with zero attached hydrogens (tertiary/aromatic N) is 3. The number of aryl methyl sites for hydroxylation is 1. The van der Waals surface area contributed by atoms with Crippen LogP contribution in [0.3, 0.4) is 0 Å². The molecule has 1 aromatic carbocycles.